The molecule has 2 heterocycles. The van der Waals surface area contributed by atoms with Crippen molar-refractivity contribution in [2.24, 2.45) is 0 Å². The fourth-order valence-electron chi connectivity index (χ4n) is 3.48. The first-order valence-electron chi connectivity index (χ1n) is 10.5. The normalized spacial score (nSPS) is 15.3. The lowest BCUT2D eigenvalue weighted by Gasteiger charge is -2.15. The van der Waals surface area contributed by atoms with Crippen LogP contribution in [0, 0.1) is 5.82 Å². The molecule has 33 heavy (non-hydrogen) atoms. The number of carbonyl (C=O) groups is 2. The molecule has 1 aromatic heterocycles. The molecule has 2 amide bonds. The maximum atomic E-state index is 14.9. The third-order valence-corrected chi connectivity index (χ3v) is 5.16. The summed E-state index contributed by atoms with van der Waals surface area (Å²) >= 11 is 0. The van der Waals surface area contributed by atoms with Crippen LogP contribution in [0.25, 0.3) is 11.1 Å². The Morgan fingerprint density at radius 3 is 2.70 bits per heavy atom. The van der Waals surface area contributed by atoms with E-state index in [0.717, 1.165) is 16.9 Å². The first-order chi connectivity index (χ1) is 16.0. The minimum atomic E-state index is -0.561. The van der Waals surface area contributed by atoms with Crippen LogP contribution < -0.4 is 21.1 Å². The van der Waals surface area contributed by atoms with Crippen LogP contribution in [0.3, 0.4) is 0 Å². The van der Waals surface area contributed by atoms with Gasteiger partial charge in [0, 0.05) is 25.2 Å². The van der Waals surface area contributed by atoms with Crippen LogP contribution in [0.2, 0.25) is 0 Å². The Morgan fingerprint density at radius 1 is 1.18 bits per heavy atom. The molecule has 8 nitrogen and oxygen atoms in total. The Morgan fingerprint density at radius 2 is 2.00 bits per heavy atom. The number of nitrogens with zero attached hydrogens (tertiary/aromatic N) is 2. The molecule has 3 N–H and O–H groups in total. The third-order valence-electron chi connectivity index (χ3n) is 5.16. The minimum absolute atomic E-state index is 0.203. The summed E-state index contributed by atoms with van der Waals surface area (Å²) in [6, 6.07) is 17.8. The van der Waals surface area contributed by atoms with E-state index in [1.165, 1.54) is 17.9 Å². The van der Waals surface area contributed by atoms with Crippen molar-refractivity contribution in [3.63, 3.8) is 0 Å². The maximum absolute atomic E-state index is 14.9. The highest BCUT2D eigenvalue weighted by molar-refractivity contribution is 5.90. The topological polar surface area (TPSA) is 95.6 Å². The van der Waals surface area contributed by atoms with Crippen LogP contribution in [0.4, 0.5) is 20.7 Å². The van der Waals surface area contributed by atoms with E-state index in [1.54, 1.807) is 18.3 Å². The number of ether oxygens (including phenoxy) is 1. The lowest BCUT2D eigenvalue weighted by Crippen LogP contribution is -2.33. The minimum Gasteiger partial charge on any atom is -0.442 e. The molecule has 0 radical (unpaired) electrons. The molecule has 0 spiro atoms. The summed E-state index contributed by atoms with van der Waals surface area (Å²) in [5.41, 5.74) is 8.70. The maximum Gasteiger partial charge on any atom is 0.414 e. The number of cyclic esters (lactones) is 1. The number of anilines is 2. The van der Waals surface area contributed by atoms with Crippen molar-refractivity contribution in [1.82, 2.24) is 15.7 Å². The van der Waals surface area contributed by atoms with Gasteiger partial charge in [0.2, 0.25) is 5.91 Å². The standard InChI is InChI=1S/C24H24FN5O3/c1-16(31)27-14-20-15-30(24(32)33-20)19-9-10-21(22(25)12-19)18-7-5-17(6-8-18)13-28-29-23-4-2-3-11-26-23/h2-12,20,28H,13-15H2,1H3,(H,26,29)(H,27,31). The van der Waals surface area contributed by atoms with E-state index in [-0.39, 0.29) is 19.0 Å². The van der Waals surface area contributed by atoms with Gasteiger partial charge in [-0.25, -0.2) is 19.6 Å². The monoisotopic (exact) mass is 449 g/mol. The third kappa shape index (κ3) is 5.64. The van der Waals surface area contributed by atoms with E-state index in [9.17, 15) is 14.0 Å². The predicted molar refractivity (Wildman–Crippen MR) is 123 cm³/mol. The number of benzene rings is 2. The predicted octanol–water partition coefficient (Wildman–Crippen LogP) is 3.47. The number of aromatic nitrogens is 1. The molecule has 170 valence electrons. The van der Waals surface area contributed by atoms with E-state index >= 15 is 0 Å². The van der Waals surface area contributed by atoms with Crippen molar-refractivity contribution in [2.45, 2.75) is 19.6 Å². The Hall–Kier alpha value is -3.98. The molecule has 1 aliphatic heterocycles. The summed E-state index contributed by atoms with van der Waals surface area (Å²) in [7, 11) is 0. The van der Waals surface area contributed by atoms with Gasteiger partial charge >= 0.3 is 6.09 Å². The van der Waals surface area contributed by atoms with Gasteiger partial charge in [0.1, 0.15) is 17.7 Å². The van der Waals surface area contributed by atoms with Crippen molar-refractivity contribution in [1.29, 1.82) is 0 Å². The van der Waals surface area contributed by atoms with E-state index in [4.69, 9.17) is 4.74 Å². The van der Waals surface area contributed by atoms with E-state index in [0.29, 0.717) is 17.8 Å². The first kappa shape index (κ1) is 22.2. The van der Waals surface area contributed by atoms with E-state index in [2.05, 4.69) is 21.2 Å². The SMILES string of the molecule is CC(=O)NCC1CN(c2ccc(-c3ccc(CNNc4ccccn4)cc3)c(F)c2)C(=O)O1. The summed E-state index contributed by atoms with van der Waals surface area (Å²) in [5.74, 6) is 0.0825. The summed E-state index contributed by atoms with van der Waals surface area (Å²) in [6.07, 6.45) is 0.668. The molecule has 0 aliphatic carbocycles. The zero-order valence-corrected chi connectivity index (χ0v) is 18.0. The lowest BCUT2D eigenvalue weighted by atomic mass is 10.0. The Balaban J connectivity index is 1.37. The number of halogens is 1. The fraction of sp³-hybridized carbons (Fsp3) is 0.208. The largest absolute Gasteiger partial charge is 0.442 e. The average molecular weight is 449 g/mol. The molecule has 4 rings (SSSR count). The van der Waals surface area contributed by atoms with Gasteiger partial charge in [0.05, 0.1) is 18.8 Å². The fourth-order valence-corrected chi connectivity index (χ4v) is 3.48. The van der Waals surface area contributed by atoms with Crippen LogP contribution in [0.5, 0.6) is 0 Å². The number of rotatable bonds is 8. The molecule has 2 aromatic carbocycles. The van der Waals surface area contributed by atoms with Gasteiger partial charge in [0.25, 0.3) is 0 Å². The lowest BCUT2D eigenvalue weighted by molar-refractivity contribution is -0.119. The second-order valence-corrected chi connectivity index (χ2v) is 7.61. The van der Waals surface area contributed by atoms with Crippen LogP contribution in [-0.4, -0.2) is 36.2 Å². The van der Waals surface area contributed by atoms with Crippen molar-refractivity contribution in [3.8, 4) is 11.1 Å². The van der Waals surface area contributed by atoms with Gasteiger partial charge in [-0.05, 0) is 41.5 Å². The average Bonchev–Trinajstić information content (AvgIpc) is 3.19. The Kier molecular flexibility index (Phi) is 6.80. The number of hydrazine groups is 1. The van der Waals surface area contributed by atoms with Crippen molar-refractivity contribution < 1.29 is 18.7 Å². The number of hydrogen-bond acceptors (Lipinski definition) is 6. The molecule has 1 atom stereocenters. The smallest absolute Gasteiger partial charge is 0.414 e. The number of pyridine rings is 1. The van der Waals surface area contributed by atoms with Crippen molar-refractivity contribution in [3.05, 3.63) is 78.2 Å². The molecule has 1 aliphatic rings. The number of nitrogens with one attached hydrogen (secondary N) is 3. The second kappa shape index (κ2) is 10.1. The van der Waals surface area contributed by atoms with Crippen LogP contribution in [0.15, 0.2) is 66.9 Å². The zero-order chi connectivity index (χ0) is 23.2. The van der Waals surface area contributed by atoms with Gasteiger partial charge in [-0.3, -0.25) is 9.69 Å². The van der Waals surface area contributed by atoms with Gasteiger partial charge < -0.3 is 15.5 Å². The van der Waals surface area contributed by atoms with Crippen molar-refractivity contribution >= 4 is 23.5 Å². The van der Waals surface area contributed by atoms with E-state index < -0.39 is 18.0 Å². The quantitative estimate of drug-likeness (QED) is 0.456. The van der Waals surface area contributed by atoms with Crippen molar-refractivity contribution in [2.75, 3.05) is 23.4 Å². The number of amides is 2. The van der Waals surface area contributed by atoms with Crippen LogP contribution in [-0.2, 0) is 16.1 Å². The number of hydrogen-bond donors (Lipinski definition) is 3. The second-order valence-electron chi connectivity index (χ2n) is 7.61. The Bertz CT molecular complexity index is 1120. The molecule has 1 unspecified atom stereocenters. The molecular formula is C24H24FN5O3. The first-order valence-corrected chi connectivity index (χ1v) is 10.5. The molecule has 0 saturated carbocycles. The molecule has 0 bridgehead atoms. The molecule has 3 aromatic rings. The summed E-state index contributed by atoms with van der Waals surface area (Å²) < 4.78 is 20.1. The Labute approximate surface area is 190 Å². The summed E-state index contributed by atoms with van der Waals surface area (Å²) in [4.78, 5) is 28.8. The summed E-state index contributed by atoms with van der Waals surface area (Å²) in [6.45, 7) is 2.42. The molecule has 1 fully saturated rings. The van der Waals surface area contributed by atoms with Gasteiger partial charge in [-0.15, -0.1) is 0 Å². The zero-order valence-electron chi connectivity index (χ0n) is 18.0. The van der Waals surface area contributed by atoms with E-state index in [1.807, 2.05) is 42.5 Å². The molecular weight excluding hydrogens is 425 g/mol. The highest BCUT2D eigenvalue weighted by Gasteiger charge is 2.32. The van der Waals surface area contributed by atoms with Crippen LogP contribution in [0.1, 0.15) is 12.5 Å². The molecule has 1 saturated heterocycles. The van der Waals surface area contributed by atoms with Gasteiger partial charge in [-0.1, -0.05) is 30.3 Å². The highest BCUT2D eigenvalue weighted by Crippen LogP contribution is 2.29. The number of carbonyl (C=O) groups excluding carboxylic acids is 2. The highest BCUT2D eigenvalue weighted by atomic mass is 19.1. The van der Waals surface area contributed by atoms with Gasteiger partial charge in [-0.2, -0.15) is 0 Å². The molecule has 9 heteroatoms. The van der Waals surface area contributed by atoms with Crippen LogP contribution >= 0.6 is 0 Å². The van der Waals surface area contributed by atoms with Gasteiger partial charge in [0.15, 0.2) is 0 Å². The summed E-state index contributed by atoms with van der Waals surface area (Å²) in [5, 5.41) is 2.62.